The molecule has 0 aromatic rings. The van der Waals surface area contributed by atoms with E-state index in [0.717, 1.165) is 0 Å². The third kappa shape index (κ3) is 39.6. The van der Waals surface area contributed by atoms with Gasteiger partial charge < -0.3 is 11.0 Å². The molecule has 0 bridgehead atoms. The van der Waals surface area contributed by atoms with Crippen molar-refractivity contribution < 1.29 is 55.8 Å². The Labute approximate surface area is 55.8 Å². The normalized spacial score (nSPS) is 0.800. The molecule has 0 heterocycles. The van der Waals surface area contributed by atoms with Crippen LogP contribution in [0.5, 0.6) is 0 Å². The summed E-state index contributed by atoms with van der Waals surface area (Å²) in [5.41, 5.74) is 0. The molecular formula is H4O3TiW. The Morgan fingerprint density at radius 3 is 1.00 bits per heavy atom. The van der Waals surface area contributed by atoms with Crippen LogP contribution in [0.2, 0.25) is 0 Å². The third-order valence-corrected chi connectivity index (χ3v) is 0. The molecule has 0 saturated heterocycles. The zero-order valence-electron chi connectivity index (χ0n) is 2.32. The van der Waals surface area contributed by atoms with Gasteiger partial charge in [-0.05, 0) is 0 Å². The van der Waals surface area contributed by atoms with E-state index in [4.69, 9.17) is 3.40 Å². The third-order valence-electron chi connectivity index (χ3n) is 0. The Balaban J connectivity index is -0.00000000167. The van der Waals surface area contributed by atoms with Gasteiger partial charge in [0.05, 0.1) is 0 Å². The van der Waals surface area contributed by atoms with Crippen molar-refractivity contribution in [2.24, 2.45) is 0 Å². The summed E-state index contributed by atoms with van der Waals surface area (Å²) in [6.45, 7) is 0. The van der Waals surface area contributed by atoms with E-state index in [1.165, 1.54) is 0 Å². The number of hydrogen-bond donors (Lipinski definition) is 0. The van der Waals surface area contributed by atoms with Crippen LogP contribution < -0.4 is 0 Å². The second kappa shape index (κ2) is 69.1. The fourth-order valence-electron chi connectivity index (χ4n) is 0. The second-order valence-corrected chi connectivity index (χ2v) is 0. The van der Waals surface area contributed by atoms with Gasteiger partial charge in [0.15, 0.2) is 0 Å². The monoisotopic (exact) mass is 284 g/mol. The van der Waals surface area contributed by atoms with Crippen molar-refractivity contribution in [1.82, 2.24) is 0 Å². The van der Waals surface area contributed by atoms with Gasteiger partial charge in [-0.15, -0.1) is 0 Å². The minimum absolute atomic E-state index is 0. The molecule has 0 aromatic heterocycles. The Morgan fingerprint density at radius 1 is 1.00 bits per heavy atom. The van der Waals surface area contributed by atoms with E-state index >= 15 is 0 Å². The molecule has 0 amide bonds. The number of hydrogen-bond acceptors (Lipinski definition) is 1. The molecule has 3 nitrogen and oxygen atoms in total. The van der Waals surface area contributed by atoms with Crippen molar-refractivity contribution in [2.45, 2.75) is 0 Å². The van der Waals surface area contributed by atoms with Crippen LogP contribution in [-0.4, -0.2) is 11.0 Å². The predicted molar refractivity (Wildman–Crippen MR) is 7.91 cm³/mol. The molecule has 0 fully saturated rings. The summed E-state index contributed by atoms with van der Waals surface area (Å²) in [5.74, 6) is 0. The summed E-state index contributed by atoms with van der Waals surface area (Å²) in [7, 11) is 0. The van der Waals surface area contributed by atoms with E-state index in [1.54, 1.807) is 0 Å². The summed E-state index contributed by atoms with van der Waals surface area (Å²) >= 11 is 0.333. The molecule has 0 spiro atoms. The standard InChI is InChI=1S/2H2O.O.Ti.W/h2*1H2;;;. The van der Waals surface area contributed by atoms with Gasteiger partial charge in [-0.2, -0.15) is 0 Å². The van der Waals surface area contributed by atoms with Crippen molar-refractivity contribution in [3.05, 3.63) is 0 Å². The summed E-state index contributed by atoms with van der Waals surface area (Å²) in [4.78, 5) is 0. The number of rotatable bonds is 0. The van der Waals surface area contributed by atoms with Crippen molar-refractivity contribution in [3.8, 4) is 0 Å². The van der Waals surface area contributed by atoms with E-state index in [0.29, 0.717) is 19.8 Å². The summed E-state index contributed by atoms with van der Waals surface area (Å²) < 4.78 is 8.33. The van der Waals surface area contributed by atoms with Gasteiger partial charge in [-0.1, -0.05) is 0 Å². The van der Waals surface area contributed by atoms with Crippen LogP contribution in [0.1, 0.15) is 0 Å². The van der Waals surface area contributed by atoms with E-state index in [1.807, 2.05) is 0 Å². The van der Waals surface area contributed by atoms with Gasteiger partial charge >= 0.3 is 23.2 Å². The zero-order valence-corrected chi connectivity index (χ0v) is 6.81. The van der Waals surface area contributed by atoms with Crippen molar-refractivity contribution in [2.75, 3.05) is 0 Å². The fourth-order valence-corrected chi connectivity index (χ4v) is 0. The van der Waals surface area contributed by atoms with Crippen LogP contribution in [-0.2, 0) is 44.9 Å². The first-order chi connectivity index (χ1) is 1.00. The predicted octanol–water partition coefficient (Wildman–Crippen LogP) is -1.77. The Kier molecular flexibility index (Phi) is 493. The molecule has 0 saturated carbocycles. The average molecular weight is 284 g/mol. The van der Waals surface area contributed by atoms with Crippen LogP contribution in [0.25, 0.3) is 0 Å². The van der Waals surface area contributed by atoms with Gasteiger partial charge in [0, 0.05) is 21.7 Å². The molecular weight excluding hydrogens is 280 g/mol. The zero-order chi connectivity index (χ0) is 2.00. The first kappa shape index (κ1) is 35.7. The molecule has 4 N–H and O–H groups in total. The van der Waals surface area contributed by atoms with Crippen LogP contribution >= 0.6 is 0 Å². The van der Waals surface area contributed by atoms with E-state index in [9.17, 15) is 0 Å². The molecule has 5 heteroatoms. The Morgan fingerprint density at radius 2 is 1.00 bits per heavy atom. The van der Waals surface area contributed by atoms with Crippen LogP contribution in [0.4, 0.5) is 0 Å². The van der Waals surface area contributed by atoms with Crippen LogP contribution in [0, 0.1) is 0 Å². The molecule has 0 aliphatic heterocycles. The van der Waals surface area contributed by atoms with Crippen LogP contribution in [0.3, 0.4) is 0 Å². The quantitative estimate of drug-likeness (QED) is 0.484. The molecule has 5 heavy (non-hydrogen) atoms. The molecule has 0 atom stereocenters. The van der Waals surface area contributed by atoms with E-state index in [2.05, 4.69) is 0 Å². The average Bonchev–Trinajstić information content (AvgIpc) is 1.00. The van der Waals surface area contributed by atoms with Gasteiger partial charge in [0.2, 0.25) is 0 Å². The van der Waals surface area contributed by atoms with Gasteiger partial charge in [-0.25, -0.2) is 0 Å². The maximum Gasteiger partial charge on any atom is 0 e. The van der Waals surface area contributed by atoms with Gasteiger partial charge in [-0.3, -0.25) is 0 Å². The minimum Gasteiger partial charge on any atom is 0 e. The molecule has 0 unspecified atom stereocenters. The maximum absolute atomic E-state index is 8.33. The minimum atomic E-state index is 0. The molecule has 0 aliphatic rings. The van der Waals surface area contributed by atoms with Gasteiger partial charge in [0.1, 0.15) is 0 Å². The first-order valence-electron chi connectivity index (χ1n) is 0.167. The first-order valence-corrected chi connectivity index (χ1v) is 1.36. The molecule has 0 aliphatic carbocycles. The second-order valence-electron chi connectivity index (χ2n) is 0. The van der Waals surface area contributed by atoms with Gasteiger partial charge in [0.25, 0.3) is 0 Å². The van der Waals surface area contributed by atoms with Crippen LogP contribution in [0.15, 0.2) is 0 Å². The van der Waals surface area contributed by atoms with Crippen molar-refractivity contribution >= 4 is 0 Å². The molecule has 32 valence electrons. The Hall–Kier alpha value is 1.12. The smallest absolute Gasteiger partial charge is 0 e. The summed E-state index contributed by atoms with van der Waals surface area (Å²) in [6, 6.07) is 0. The maximum atomic E-state index is 8.33. The molecule has 0 radical (unpaired) electrons. The molecule has 0 aromatic carbocycles. The molecule has 0 rings (SSSR count). The van der Waals surface area contributed by atoms with Crippen molar-refractivity contribution in [3.63, 3.8) is 0 Å². The Bertz CT molecular complexity index is 6.85. The SMILES string of the molecule is O.O.[O]=[W].[Ti]. The largest absolute Gasteiger partial charge is 0 e. The van der Waals surface area contributed by atoms with Crippen molar-refractivity contribution in [1.29, 1.82) is 0 Å². The van der Waals surface area contributed by atoms with E-state index in [-0.39, 0.29) is 32.7 Å². The fraction of sp³-hybridized carbons (Fsp3) is 0. The summed E-state index contributed by atoms with van der Waals surface area (Å²) in [6.07, 6.45) is 0. The topological polar surface area (TPSA) is 80.1 Å². The summed E-state index contributed by atoms with van der Waals surface area (Å²) in [5, 5.41) is 0. The van der Waals surface area contributed by atoms with E-state index < -0.39 is 0 Å².